The summed E-state index contributed by atoms with van der Waals surface area (Å²) in [6, 6.07) is 0.0259. The van der Waals surface area contributed by atoms with Crippen LogP contribution in [0.1, 0.15) is 46.5 Å². The van der Waals surface area contributed by atoms with Gasteiger partial charge in [0.05, 0.1) is 0 Å². The summed E-state index contributed by atoms with van der Waals surface area (Å²) in [6.45, 7) is 7.13. The number of hydrogen-bond donors (Lipinski definition) is 0. The molecule has 0 aromatic carbocycles. The second-order valence-corrected chi connectivity index (χ2v) is 4.52. The van der Waals surface area contributed by atoms with Gasteiger partial charge in [0.15, 0.2) is 0 Å². The summed E-state index contributed by atoms with van der Waals surface area (Å²) in [5, 5.41) is 0. The molecule has 0 spiro atoms. The SMILES string of the molecule is CCN(C(=O)N1CCCCCC1=O)C(C)C. The van der Waals surface area contributed by atoms with E-state index in [-0.39, 0.29) is 18.0 Å². The molecule has 0 radical (unpaired) electrons. The van der Waals surface area contributed by atoms with E-state index in [1.54, 1.807) is 4.90 Å². The molecule has 0 N–H and O–H groups in total. The van der Waals surface area contributed by atoms with Crippen molar-refractivity contribution in [2.24, 2.45) is 0 Å². The quantitative estimate of drug-likeness (QED) is 0.724. The highest BCUT2D eigenvalue weighted by Gasteiger charge is 2.27. The fourth-order valence-electron chi connectivity index (χ4n) is 2.06. The molecule has 0 unspecified atom stereocenters. The summed E-state index contributed by atoms with van der Waals surface area (Å²) < 4.78 is 0. The van der Waals surface area contributed by atoms with E-state index in [1.807, 2.05) is 20.8 Å². The fraction of sp³-hybridized carbons (Fsp3) is 0.833. The van der Waals surface area contributed by atoms with Crippen molar-refractivity contribution in [3.8, 4) is 0 Å². The maximum Gasteiger partial charge on any atom is 0.326 e. The van der Waals surface area contributed by atoms with Gasteiger partial charge in [-0.15, -0.1) is 0 Å². The Hall–Kier alpha value is -1.06. The number of urea groups is 1. The van der Waals surface area contributed by atoms with Crippen LogP contribution < -0.4 is 0 Å². The van der Waals surface area contributed by atoms with E-state index in [2.05, 4.69) is 0 Å². The first-order valence-corrected chi connectivity index (χ1v) is 6.19. The second-order valence-electron chi connectivity index (χ2n) is 4.52. The molecular weight excluding hydrogens is 204 g/mol. The number of likely N-dealkylation sites (tertiary alicyclic amines) is 1. The molecule has 1 saturated heterocycles. The van der Waals surface area contributed by atoms with Crippen LogP contribution in [-0.2, 0) is 4.79 Å². The average Bonchev–Trinajstić information content (AvgIpc) is 2.43. The Balaban J connectivity index is 2.73. The minimum Gasteiger partial charge on any atom is -0.322 e. The third kappa shape index (κ3) is 2.97. The van der Waals surface area contributed by atoms with Crippen molar-refractivity contribution < 1.29 is 9.59 Å². The average molecular weight is 226 g/mol. The zero-order valence-electron chi connectivity index (χ0n) is 10.5. The van der Waals surface area contributed by atoms with Gasteiger partial charge in [-0.25, -0.2) is 4.79 Å². The summed E-state index contributed by atoms with van der Waals surface area (Å²) in [4.78, 5) is 27.1. The molecule has 3 amide bonds. The van der Waals surface area contributed by atoms with E-state index in [0.29, 0.717) is 19.5 Å². The first kappa shape index (κ1) is 13.0. The van der Waals surface area contributed by atoms with Crippen molar-refractivity contribution in [3.63, 3.8) is 0 Å². The molecule has 4 heteroatoms. The highest BCUT2D eigenvalue weighted by molar-refractivity contribution is 5.94. The summed E-state index contributed by atoms with van der Waals surface area (Å²) in [6.07, 6.45) is 3.41. The number of hydrogen-bond acceptors (Lipinski definition) is 2. The predicted molar refractivity (Wildman–Crippen MR) is 63.1 cm³/mol. The molecular formula is C12H22N2O2. The lowest BCUT2D eigenvalue weighted by molar-refractivity contribution is -0.128. The van der Waals surface area contributed by atoms with E-state index < -0.39 is 0 Å². The molecule has 4 nitrogen and oxygen atoms in total. The van der Waals surface area contributed by atoms with Gasteiger partial charge in [0.2, 0.25) is 5.91 Å². The zero-order chi connectivity index (χ0) is 12.1. The molecule has 1 heterocycles. The largest absolute Gasteiger partial charge is 0.326 e. The van der Waals surface area contributed by atoms with Crippen molar-refractivity contribution in [3.05, 3.63) is 0 Å². The minimum absolute atomic E-state index is 0.0124. The standard InChI is InChI=1S/C12H22N2O2/c1-4-13(10(2)3)12(16)14-9-7-5-6-8-11(14)15/h10H,4-9H2,1-3H3. The topological polar surface area (TPSA) is 40.6 Å². The van der Waals surface area contributed by atoms with Gasteiger partial charge in [-0.3, -0.25) is 9.69 Å². The van der Waals surface area contributed by atoms with Crippen LogP contribution in [-0.4, -0.2) is 40.9 Å². The molecule has 0 bridgehead atoms. The Morgan fingerprint density at radius 3 is 2.62 bits per heavy atom. The van der Waals surface area contributed by atoms with Crippen LogP contribution in [0, 0.1) is 0 Å². The molecule has 0 saturated carbocycles. The molecule has 0 aliphatic carbocycles. The third-order valence-corrected chi connectivity index (χ3v) is 3.01. The van der Waals surface area contributed by atoms with Gasteiger partial charge in [-0.2, -0.15) is 0 Å². The second kappa shape index (κ2) is 5.87. The number of carbonyl (C=O) groups excluding carboxylic acids is 2. The summed E-state index contributed by atoms with van der Waals surface area (Å²) in [5.41, 5.74) is 0. The van der Waals surface area contributed by atoms with Crippen LogP contribution in [0.4, 0.5) is 4.79 Å². The van der Waals surface area contributed by atoms with Crippen molar-refractivity contribution in [2.45, 2.75) is 52.5 Å². The molecule has 92 valence electrons. The number of imide groups is 1. The third-order valence-electron chi connectivity index (χ3n) is 3.01. The van der Waals surface area contributed by atoms with Gasteiger partial charge in [0, 0.05) is 25.6 Å². The maximum atomic E-state index is 12.2. The highest BCUT2D eigenvalue weighted by atomic mass is 16.2. The minimum atomic E-state index is -0.121. The van der Waals surface area contributed by atoms with Crippen LogP contribution in [0.3, 0.4) is 0 Å². The molecule has 1 rings (SSSR count). The Morgan fingerprint density at radius 2 is 2.06 bits per heavy atom. The van der Waals surface area contributed by atoms with Gasteiger partial charge in [-0.1, -0.05) is 6.42 Å². The van der Waals surface area contributed by atoms with Gasteiger partial charge in [0.1, 0.15) is 0 Å². The number of rotatable bonds is 2. The molecule has 16 heavy (non-hydrogen) atoms. The van der Waals surface area contributed by atoms with Gasteiger partial charge in [-0.05, 0) is 33.6 Å². The van der Waals surface area contributed by atoms with Crippen LogP contribution in [0.15, 0.2) is 0 Å². The van der Waals surface area contributed by atoms with Gasteiger partial charge < -0.3 is 4.90 Å². The van der Waals surface area contributed by atoms with Crippen molar-refractivity contribution in [1.82, 2.24) is 9.80 Å². The van der Waals surface area contributed by atoms with Crippen molar-refractivity contribution >= 4 is 11.9 Å². The van der Waals surface area contributed by atoms with E-state index in [0.717, 1.165) is 19.3 Å². The van der Waals surface area contributed by atoms with E-state index in [1.165, 1.54) is 4.90 Å². The lowest BCUT2D eigenvalue weighted by atomic mass is 10.2. The van der Waals surface area contributed by atoms with Gasteiger partial charge in [0.25, 0.3) is 0 Å². The summed E-state index contributed by atoms with van der Waals surface area (Å²) >= 11 is 0. The lowest BCUT2D eigenvalue weighted by Crippen LogP contribution is -2.48. The molecule has 0 aromatic heterocycles. The predicted octanol–water partition coefficient (Wildman–Crippen LogP) is 2.24. The van der Waals surface area contributed by atoms with E-state index in [4.69, 9.17) is 0 Å². The molecule has 1 aliphatic rings. The molecule has 1 fully saturated rings. The van der Waals surface area contributed by atoms with Gasteiger partial charge >= 0.3 is 6.03 Å². The number of carbonyl (C=O) groups is 2. The normalized spacial score (nSPS) is 17.5. The van der Waals surface area contributed by atoms with Crippen LogP contribution in [0.2, 0.25) is 0 Å². The smallest absolute Gasteiger partial charge is 0.322 e. The first-order valence-electron chi connectivity index (χ1n) is 6.19. The van der Waals surface area contributed by atoms with Crippen LogP contribution in [0.25, 0.3) is 0 Å². The fourth-order valence-corrected chi connectivity index (χ4v) is 2.06. The molecule has 0 atom stereocenters. The Morgan fingerprint density at radius 1 is 1.38 bits per heavy atom. The Kier molecular flexibility index (Phi) is 4.77. The lowest BCUT2D eigenvalue weighted by Gasteiger charge is -2.30. The summed E-state index contributed by atoms with van der Waals surface area (Å²) in [5.74, 6) is -0.0124. The molecule has 0 aromatic rings. The summed E-state index contributed by atoms with van der Waals surface area (Å²) in [7, 11) is 0. The zero-order valence-corrected chi connectivity index (χ0v) is 10.5. The van der Waals surface area contributed by atoms with Crippen molar-refractivity contribution in [2.75, 3.05) is 13.1 Å². The van der Waals surface area contributed by atoms with E-state index >= 15 is 0 Å². The number of nitrogens with zero attached hydrogens (tertiary/aromatic N) is 2. The molecule has 1 aliphatic heterocycles. The Bertz CT molecular complexity index is 264. The van der Waals surface area contributed by atoms with Crippen LogP contribution in [0.5, 0.6) is 0 Å². The van der Waals surface area contributed by atoms with Crippen LogP contribution >= 0.6 is 0 Å². The van der Waals surface area contributed by atoms with E-state index in [9.17, 15) is 9.59 Å². The van der Waals surface area contributed by atoms with Crippen molar-refractivity contribution in [1.29, 1.82) is 0 Å². The first-order chi connectivity index (χ1) is 7.57. The monoisotopic (exact) mass is 226 g/mol. The number of amides is 3. The maximum absolute atomic E-state index is 12.2. The Labute approximate surface area is 97.6 Å². The highest BCUT2D eigenvalue weighted by Crippen LogP contribution is 2.14.